The number of aryl methyl sites for hydroxylation is 2. The molecule has 0 radical (unpaired) electrons. The van der Waals surface area contributed by atoms with Crippen molar-refractivity contribution in [2.45, 2.75) is 19.8 Å². The van der Waals surface area contributed by atoms with Gasteiger partial charge in [-0.05, 0) is 38.6 Å². The van der Waals surface area contributed by atoms with Gasteiger partial charge in [-0.1, -0.05) is 39.4 Å². The maximum absolute atomic E-state index is 4.26. The number of aromatic nitrogens is 2. The Kier molecular flexibility index (Phi) is 4.86. The molecule has 1 heterocycles. The van der Waals surface area contributed by atoms with Crippen LogP contribution in [0.5, 0.6) is 0 Å². The van der Waals surface area contributed by atoms with E-state index in [1.165, 1.54) is 5.56 Å². The maximum Gasteiger partial charge on any atom is 0.147 e. The van der Waals surface area contributed by atoms with Crippen LogP contribution in [0.1, 0.15) is 17.0 Å². The first-order chi connectivity index (χ1) is 8.70. The largest absolute Gasteiger partial charge is 0.320 e. The molecule has 96 valence electrons. The molecule has 0 spiro atoms. The average molecular weight is 326 g/mol. The molecule has 1 N–H and O–H groups in total. The van der Waals surface area contributed by atoms with E-state index in [1.54, 1.807) is 11.3 Å². The Balaban J connectivity index is 2.11. The number of nitrogens with zero attached hydrogens (tertiary/aromatic N) is 2. The molecule has 18 heavy (non-hydrogen) atoms. The van der Waals surface area contributed by atoms with E-state index in [2.05, 4.69) is 56.6 Å². The van der Waals surface area contributed by atoms with Crippen molar-refractivity contribution in [3.05, 3.63) is 33.2 Å². The van der Waals surface area contributed by atoms with Gasteiger partial charge in [-0.3, -0.25) is 0 Å². The van der Waals surface area contributed by atoms with Gasteiger partial charge in [-0.15, -0.1) is 10.2 Å². The molecule has 0 aliphatic rings. The minimum absolute atomic E-state index is 0.992. The molecule has 0 fully saturated rings. The number of nitrogens with one attached hydrogen (secondary N) is 1. The molecule has 0 aliphatic carbocycles. The van der Waals surface area contributed by atoms with Crippen LogP contribution in [-0.2, 0) is 6.42 Å². The quantitative estimate of drug-likeness (QED) is 0.856. The van der Waals surface area contributed by atoms with Crippen LogP contribution in [-0.4, -0.2) is 23.8 Å². The van der Waals surface area contributed by atoms with Crippen molar-refractivity contribution in [3.8, 4) is 10.6 Å². The molecule has 0 unspecified atom stereocenters. The van der Waals surface area contributed by atoms with E-state index in [0.29, 0.717) is 0 Å². The summed E-state index contributed by atoms with van der Waals surface area (Å²) >= 11 is 5.23. The Morgan fingerprint density at radius 2 is 2.17 bits per heavy atom. The highest BCUT2D eigenvalue weighted by Crippen LogP contribution is 2.28. The number of halogens is 1. The standard InChI is InChI=1S/C13H16BrN3S/c1-9-5-6-10(8-11(9)14)13-17-16-12(18-13)4-3-7-15-2/h5-6,8,15H,3-4,7H2,1-2H3. The second kappa shape index (κ2) is 6.41. The predicted molar refractivity (Wildman–Crippen MR) is 80.0 cm³/mol. The molecule has 3 nitrogen and oxygen atoms in total. The molecule has 0 aliphatic heterocycles. The lowest BCUT2D eigenvalue weighted by molar-refractivity contribution is 0.718. The van der Waals surface area contributed by atoms with E-state index < -0.39 is 0 Å². The van der Waals surface area contributed by atoms with Crippen molar-refractivity contribution in [2.75, 3.05) is 13.6 Å². The first kappa shape index (κ1) is 13.6. The van der Waals surface area contributed by atoms with Crippen LogP contribution in [0.25, 0.3) is 10.6 Å². The Morgan fingerprint density at radius 1 is 1.33 bits per heavy atom. The van der Waals surface area contributed by atoms with Crippen molar-refractivity contribution in [3.63, 3.8) is 0 Å². The van der Waals surface area contributed by atoms with E-state index >= 15 is 0 Å². The molecule has 1 aromatic carbocycles. The van der Waals surface area contributed by atoms with Gasteiger partial charge in [-0.2, -0.15) is 0 Å². The minimum atomic E-state index is 0.992. The van der Waals surface area contributed by atoms with E-state index in [1.807, 2.05) is 7.05 Å². The summed E-state index contributed by atoms with van der Waals surface area (Å²) in [4.78, 5) is 0. The number of hydrogen-bond donors (Lipinski definition) is 1. The highest BCUT2D eigenvalue weighted by Gasteiger charge is 2.07. The van der Waals surface area contributed by atoms with Crippen LogP contribution in [0.2, 0.25) is 0 Å². The van der Waals surface area contributed by atoms with Crippen LogP contribution in [0.4, 0.5) is 0 Å². The zero-order chi connectivity index (χ0) is 13.0. The molecule has 0 atom stereocenters. The van der Waals surface area contributed by atoms with Gasteiger partial charge >= 0.3 is 0 Å². The molecule has 5 heteroatoms. The summed E-state index contributed by atoms with van der Waals surface area (Å²) in [6.07, 6.45) is 2.09. The van der Waals surface area contributed by atoms with E-state index in [4.69, 9.17) is 0 Å². The Labute approximate surface area is 120 Å². The molecule has 2 rings (SSSR count). The predicted octanol–water partition coefficient (Wildman–Crippen LogP) is 3.43. The first-order valence-corrected chi connectivity index (χ1v) is 7.55. The van der Waals surface area contributed by atoms with Gasteiger partial charge in [0.1, 0.15) is 10.0 Å². The van der Waals surface area contributed by atoms with Gasteiger partial charge in [-0.25, -0.2) is 0 Å². The first-order valence-electron chi connectivity index (χ1n) is 5.94. The summed E-state index contributed by atoms with van der Waals surface area (Å²) in [7, 11) is 1.97. The number of hydrogen-bond acceptors (Lipinski definition) is 4. The second-order valence-electron chi connectivity index (χ2n) is 4.17. The molecule has 2 aromatic rings. The van der Waals surface area contributed by atoms with Crippen molar-refractivity contribution in [1.82, 2.24) is 15.5 Å². The van der Waals surface area contributed by atoms with Gasteiger partial charge < -0.3 is 5.32 Å². The zero-order valence-corrected chi connectivity index (χ0v) is 12.9. The third-order valence-corrected chi connectivity index (χ3v) is 4.59. The van der Waals surface area contributed by atoms with Crippen LogP contribution < -0.4 is 5.32 Å². The Bertz CT molecular complexity index is 525. The lowest BCUT2D eigenvalue weighted by Crippen LogP contribution is -2.08. The SMILES string of the molecule is CNCCCc1nnc(-c2ccc(C)c(Br)c2)s1. The molecular weight excluding hydrogens is 310 g/mol. The topological polar surface area (TPSA) is 37.8 Å². The minimum Gasteiger partial charge on any atom is -0.320 e. The normalized spacial score (nSPS) is 10.8. The second-order valence-corrected chi connectivity index (χ2v) is 6.09. The van der Waals surface area contributed by atoms with E-state index in [9.17, 15) is 0 Å². The third-order valence-electron chi connectivity index (χ3n) is 2.70. The Hall–Kier alpha value is -0.780. The summed E-state index contributed by atoms with van der Waals surface area (Å²) in [6.45, 7) is 3.10. The maximum atomic E-state index is 4.26. The van der Waals surface area contributed by atoms with Crippen LogP contribution in [0, 0.1) is 6.92 Å². The van der Waals surface area contributed by atoms with E-state index in [-0.39, 0.29) is 0 Å². The van der Waals surface area contributed by atoms with Crippen LogP contribution >= 0.6 is 27.3 Å². The van der Waals surface area contributed by atoms with Crippen molar-refractivity contribution in [2.24, 2.45) is 0 Å². The summed E-state index contributed by atoms with van der Waals surface area (Å²) in [5.41, 5.74) is 2.36. The molecule has 1 aromatic heterocycles. The Morgan fingerprint density at radius 3 is 2.89 bits per heavy atom. The average Bonchev–Trinajstić information content (AvgIpc) is 2.82. The zero-order valence-electron chi connectivity index (χ0n) is 10.5. The highest BCUT2D eigenvalue weighted by atomic mass is 79.9. The molecule has 0 saturated carbocycles. The van der Waals surface area contributed by atoms with Gasteiger partial charge in [0, 0.05) is 16.5 Å². The fraction of sp³-hybridized carbons (Fsp3) is 0.385. The van der Waals surface area contributed by atoms with E-state index in [0.717, 1.165) is 39.4 Å². The van der Waals surface area contributed by atoms with Gasteiger partial charge in [0.15, 0.2) is 0 Å². The smallest absolute Gasteiger partial charge is 0.147 e. The summed E-state index contributed by atoms with van der Waals surface area (Å²) in [5.74, 6) is 0. The summed E-state index contributed by atoms with van der Waals surface area (Å²) in [6, 6.07) is 6.30. The van der Waals surface area contributed by atoms with Gasteiger partial charge in [0.05, 0.1) is 0 Å². The van der Waals surface area contributed by atoms with Gasteiger partial charge in [0.2, 0.25) is 0 Å². The molecule has 0 amide bonds. The molecule has 0 saturated heterocycles. The third kappa shape index (κ3) is 3.37. The monoisotopic (exact) mass is 325 g/mol. The lowest BCUT2D eigenvalue weighted by Gasteiger charge is -1.99. The number of benzene rings is 1. The van der Waals surface area contributed by atoms with Crippen molar-refractivity contribution < 1.29 is 0 Å². The fourth-order valence-electron chi connectivity index (χ4n) is 1.61. The van der Waals surface area contributed by atoms with Crippen LogP contribution in [0.15, 0.2) is 22.7 Å². The molecular formula is C13H16BrN3S. The van der Waals surface area contributed by atoms with Gasteiger partial charge in [0.25, 0.3) is 0 Å². The van der Waals surface area contributed by atoms with Crippen molar-refractivity contribution >= 4 is 27.3 Å². The summed E-state index contributed by atoms with van der Waals surface area (Å²) < 4.78 is 1.12. The fourth-order valence-corrected chi connectivity index (χ4v) is 2.87. The van der Waals surface area contributed by atoms with Crippen molar-refractivity contribution in [1.29, 1.82) is 0 Å². The van der Waals surface area contributed by atoms with Crippen LogP contribution in [0.3, 0.4) is 0 Å². The summed E-state index contributed by atoms with van der Waals surface area (Å²) in [5, 5.41) is 13.7. The number of rotatable bonds is 5. The molecule has 0 bridgehead atoms. The lowest BCUT2D eigenvalue weighted by atomic mass is 10.2. The highest BCUT2D eigenvalue weighted by molar-refractivity contribution is 9.10.